The van der Waals surface area contributed by atoms with Crippen molar-refractivity contribution in [1.29, 1.82) is 0 Å². The standard InChI is InChI=1S/C33H52O7/c1-5-6-11-23(2)29(39-32-12-7-9-16-37-32)15-14-27-28-19-25(24(3)21-36-22-31(34)35-4)18-26(28)20-30(27)40-33-13-8-10-17-38-33/h14-15,19,23,26-30,32-33H,3,5-13,16-18,20-22H2,1-2,4H3/b15-14+/t23?,26-,27+,28-,29+,30+,32?,33?/m0/s1. The van der Waals surface area contributed by atoms with Crippen LogP contribution in [0, 0.1) is 23.7 Å². The van der Waals surface area contributed by atoms with Gasteiger partial charge in [-0.25, -0.2) is 4.79 Å². The molecule has 0 amide bonds. The molecule has 3 fully saturated rings. The maximum Gasteiger partial charge on any atom is 0.331 e. The summed E-state index contributed by atoms with van der Waals surface area (Å²) in [6.45, 7) is 10.7. The molecule has 0 spiro atoms. The highest BCUT2D eigenvalue weighted by Gasteiger charge is 2.46. The van der Waals surface area contributed by atoms with Crippen LogP contribution in [0.1, 0.15) is 84.5 Å². The predicted molar refractivity (Wildman–Crippen MR) is 155 cm³/mol. The van der Waals surface area contributed by atoms with E-state index in [9.17, 15) is 4.79 Å². The molecule has 8 atom stereocenters. The fourth-order valence-corrected chi connectivity index (χ4v) is 6.60. The zero-order valence-electron chi connectivity index (χ0n) is 25.0. The molecule has 4 rings (SSSR count). The Balaban J connectivity index is 1.47. The van der Waals surface area contributed by atoms with Gasteiger partial charge in [0.15, 0.2) is 12.6 Å². The molecular weight excluding hydrogens is 508 g/mol. The molecule has 226 valence electrons. The van der Waals surface area contributed by atoms with Gasteiger partial charge in [-0.1, -0.05) is 51.5 Å². The monoisotopic (exact) mass is 560 g/mol. The van der Waals surface area contributed by atoms with Crippen LogP contribution >= 0.6 is 0 Å². The summed E-state index contributed by atoms with van der Waals surface area (Å²) in [7, 11) is 1.37. The molecule has 0 radical (unpaired) electrons. The maximum absolute atomic E-state index is 11.4. The summed E-state index contributed by atoms with van der Waals surface area (Å²) in [5, 5.41) is 0. The van der Waals surface area contributed by atoms with Crippen LogP contribution in [0.4, 0.5) is 0 Å². The van der Waals surface area contributed by atoms with Crippen LogP contribution in [0.3, 0.4) is 0 Å². The molecule has 0 bridgehead atoms. The zero-order chi connectivity index (χ0) is 28.3. The van der Waals surface area contributed by atoms with Gasteiger partial charge in [0, 0.05) is 19.1 Å². The van der Waals surface area contributed by atoms with Crippen molar-refractivity contribution in [1.82, 2.24) is 0 Å². The van der Waals surface area contributed by atoms with Crippen molar-refractivity contribution in [2.75, 3.05) is 33.5 Å². The van der Waals surface area contributed by atoms with E-state index in [1.165, 1.54) is 25.5 Å². The van der Waals surface area contributed by atoms with Gasteiger partial charge < -0.3 is 28.4 Å². The second-order valence-corrected chi connectivity index (χ2v) is 12.1. The number of unbranched alkanes of at least 4 members (excludes halogenated alkanes) is 1. The highest BCUT2D eigenvalue weighted by Crippen LogP contribution is 2.50. The van der Waals surface area contributed by atoms with E-state index in [0.29, 0.717) is 24.4 Å². The van der Waals surface area contributed by atoms with Crippen LogP contribution < -0.4 is 0 Å². The minimum Gasteiger partial charge on any atom is -0.467 e. The summed E-state index contributed by atoms with van der Waals surface area (Å²) in [5.74, 6) is 1.16. The summed E-state index contributed by atoms with van der Waals surface area (Å²) in [4.78, 5) is 11.4. The van der Waals surface area contributed by atoms with Crippen LogP contribution in [-0.2, 0) is 33.2 Å². The second kappa shape index (κ2) is 16.2. The number of ether oxygens (including phenoxy) is 6. The van der Waals surface area contributed by atoms with E-state index < -0.39 is 0 Å². The molecule has 0 aromatic carbocycles. The third-order valence-electron chi connectivity index (χ3n) is 9.02. The van der Waals surface area contributed by atoms with Crippen LogP contribution in [-0.4, -0.2) is 64.3 Å². The number of carbonyl (C=O) groups excluding carboxylic acids is 1. The third kappa shape index (κ3) is 8.99. The van der Waals surface area contributed by atoms with Crippen molar-refractivity contribution < 1.29 is 33.2 Å². The van der Waals surface area contributed by atoms with Crippen molar-refractivity contribution in [3.05, 3.63) is 36.0 Å². The summed E-state index contributed by atoms with van der Waals surface area (Å²) >= 11 is 0. The van der Waals surface area contributed by atoms with Crippen LogP contribution in [0.25, 0.3) is 0 Å². The molecule has 4 aliphatic rings. The first-order valence-electron chi connectivity index (χ1n) is 15.7. The average molecular weight is 561 g/mol. The van der Waals surface area contributed by atoms with Crippen LogP contribution in [0.2, 0.25) is 0 Å². The quantitative estimate of drug-likeness (QED) is 0.167. The highest BCUT2D eigenvalue weighted by atomic mass is 16.7. The van der Waals surface area contributed by atoms with Gasteiger partial charge in [0.05, 0.1) is 25.9 Å². The van der Waals surface area contributed by atoms with Gasteiger partial charge in [-0.15, -0.1) is 0 Å². The molecule has 2 heterocycles. The Morgan fingerprint density at radius 1 is 1.12 bits per heavy atom. The Bertz CT molecular complexity index is 855. The largest absolute Gasteiger partial charge is 0.467 e. The molecule has 7 nitrogen and oxygen atoms in total. The lowest BCUT2D eigenvalue weighted by molar-refractivity contribution is -0.193. The van der Waals surface area contributed by atoms with Crippen LogP contribution in [0.5, 0.6) is 0 Å². The first-order chi connectivity index (χ1) is 19.5. The zero-order valence-corrected chi connectivity index (χ0v) is 25.0. The Morgan fingerprint density at radius 2 is 1.88 bits per heavy atom. The number of hydrogen-bond donors (Lipinski definition) is 0. The average Bonchev–Trinajstić information content (AvgIpc) is 3.53. The number of rotatable bonds is 15. The summed E-state index contributed by atoms with van der Waals surface area (Å²) in [6, 6.07) is 0. The smallest absolute Gasteiger partial charge is 0.331 e. The number of hydrogen-bond acceptors (Lipinski definition) is 7. The molecule has 2 aliphatic carbocycles. The van der Waals surface area contributed by atoms with Gasteiger partial charge in [0.25, 0.3) is 0 Å². The lowest BCUT2D eigenvalue weighted by Crippen LogP contribution is -2.32. The number of allylic oxidation sites excluding steroid dienone is 1. The molecule has 0 aromatic heterocycles. The van der Waals surface area contributed by atoms with Gasteiger partial charge >= 0.3 is 5.97 Å². The number of carbonyl (C=O) groups is 1. The molecule has 3 unspecified atom stereocenters. The molecular formula is C33H52O7. The van der Waals surface area contributed by atoms with Crippen molar-refractivity contribution in [3.63, 3.8) is 0 Å². The maximum atomic E-state index is 11.4. The Hall–Kier alpha value is -1.51. The van der Waals surface area contributed by atoms with E-state index in [1.807, 2.05) is 0 Å². The molecule has 1 saturated carbocycles. The fraction of sp³-hybridized carbons (Fsp3) is 0.788. The molecule has 40 heavy (non-hydrogen) atoms. The van der Waals surface area contributed by atoms with Crippen LogP contribution in [0.15, 0.2) is 36.0 Å². The van der Waals surface area contributed by atoms with Gasteiger partial charge in [-0.2, -0.15) is 0 Å². The summed E-state index contributed by atoms with van der Waals surface area (Å²) < 4.78 is 35.4. The van der Waals surface area contributed by atoms with E-state index in [2.05, 4.69) is 43.4 Å². The first-order valence-corrected chi connectivity index (χ1v) is 15.7. The predicted octanol–water partition coefficient (Wildman–Crippen LogP) is 6.52. The minimum atomic E-state index is -0.372. The molecule has 7 heteroatoms. The van der Waals surface area contributed by atoms with E-state index in [-0.39, 0.29) is 43.3 Å². The SMILES string of the molecule is C=C(COCC(=O)OC)C1=C[C@H]2[C@@H](C1)C[C@@H](OC1CCCCO1)[C@@H]2/C=C/[C@@H](OC1CCCCO1)C(C)CCCC. The number of fused-ring (bicyclic) bond motifs is 1. The fourth-order valence-electron chi connectivity index (χ4n) is 6.60. The Kier molecular flexibility index (Phi) is 12.7. The van der Waals surface area contributed by atoms with Crippen molar-refractivity contribution in [2.24, 2.45) is 23.7 Å². The van der Waals surface area contributed by atoms with Gasteiger partial charge in [-0.05, 0) is 86.7 Å². The van der Waals surface area contributed by atoms with Gasteiger partial charge in [0.1, 0.15) is 6.61 Å². The molecule has 2 saturated heterocycles. The number of esters is 1. The first kappa shape index (κ1) is 31.4. The highest BCUT2D eigenvalue weighted by molar-refractivity contribution is 5.70. The van der Waals surface area contributed by atoms with Crippen molar-refractivity contribution in [2.45, 2.75) is 109 Å². The Labute approximate surface area is 241 Å². The van der Waals surface area contributed by atoms with E-state index in [4.69, 9.17) is 23.7 Å². The van der Waals surface area contributed by atoms with Gasteiger partial charge in [-0.3, -0.25) is 0 Å². The van der Waals surface area contributed by atoms with E-state index >= 15 is 0 Å². The van der Waals surface area contributed by atoms with Crippen molar-refractivity contribution in [3.8, 4) is 0 Å². The number of methoxy groups -OCH3 is 1. The van der Waals surface area contributed by atoms with E-state index in [0.717, 1.165) is 76.6 Å². The second-order valence-electron chi connectivity index (χ2n) is 12.1. The van der Waals surface area contributed by atoms with E-state index in [1.54, 1.807) is 0 Å². The van der Waals surface area contributed by atoms with Crippen molar-refractivity contribution >= 4 is 5.97 Å². The minimum absolute atomic E-state index is 0.0202. The normalized spacial score (nSPS) is 32.0. The van der Waals surface area contributed by atoms with Gasteiger partial charge in [0.2, 0.25) is 0 Å². The Morgan fingerprint density at radius 3 is 2.55 bits per heavy atom. The molecule has 0 N–H and O–H groups in total. The molecule has 0 aromatic rings. The lowest BCUT2D eigenvalue weighted by Gasteiger charge is -2.31. The summed E-state index contributed by atoms with van der Waals surface area (Å²) in [6.07, 6.45) is 19.0. The third-order valence-corrected chi connectivity index (χ3v) is 9.02. The lowest BCUT2D eigenvalue weighted by atomic mass is 9.90. The molecule has 2 aliphatic heterocycles. The summed E-state index contributed by atoms with van der Waals surface area (Å²) in [5.41, 5.74) is 2.18. The topological polar surface area (TPSA) is 72.5 Å².